The van der Waals surface area contributed by atoms with Gasteiger partial charge in [-0.15, -0.1) is 0 Å². The average molecular weight is 327 g/mol. The van der Waals surface area contributed by atoms with Gasteiger partial charge in [0.2, 0.25) is 0 Å². The van der Waals surface area contributed by atoms with E-state index in [4.69, 9.17) is 5.84 Å². The van der Waals surface area contributed by atoms with Gasteiger partial charge in [-0.25, -0.2) is 4.39 Å². The van der Waals surface area contributed by atoms with Crippen molar-refractivity contribution in [2.45, 2.75) is 18.9 Å². The quantitative estimate of drug-likeness (QED) is 0.655. The lowest BCUT2D eigenvalue weighted by Gasteiger charge is -2.18. The van der Waals surface area contributed by atoms with Crippen LogP contribution in [0.25, 0.3) is 0 Å². The molecule has 1 atom stereocenters. The first kappa shape index (κ1) is 14.2. The molecule has 0 aliphatic rings. The van der Waals surface area contributed by atoms with Gasteiger partial charge >= 0.3 is 0 Å². The van der Waals surface area contributed by atoms with Crippen molar-refractivity contribution < 1.29 is 4.39 Å². The van der Waals surface area contributed by atoms with E-state index in [2.05, 4.69) is 26.5 Å². The minimum Gasteiger partial charge on any atom is -0.276 e. The van der Waals surface area contributed by atoms with Crippen LogP contribution in [0.15, 0.2) is 35.1 Å². The summed E-state index contributed by atoms with van der Waals surface area (Å²) in [6, 6.07) is 4.68. The maximum absolute atomic E-state index is 13.9. The van der Waals surface area contributed by atoms with Crippen molar-refractivity contribution >= 4 is 15.9 Å². The van der Waals surface area contributed by atoms with Crippen LogP contribution >= 0.6 is 15.9 Å². The van der Waals surface area contributed by atoms with E-state index in [1.54, 1.807) is 10.7 Å². The molecule has 0 bridgehead atoms. The maximum Gasteiger partial charge on any atom is 0.129 e. The predicted molar refractivity (Wildman–Crippen MR) is 75.7 cm³/mol. The van der Waals surface area contributed by atoms with Crippen molar-refractivity contribution in [1.29, 1.82) is 0 Å². The Morgan fingerprint density at radius 1 is 1.53 bits per heavy atom. The summed E-state index contributed by atoms with van der Waals surface area (Å²) in [5, 5.41) is 4.11. The van der Waals surface area contributed by atoms with Gasteiger partial charge in [-0.2, -0.15) is 5.10 Å². The molecule has 19 heavy (non-hydrogen) atoms. The number of aromatic nitrogens is 2. The van der Waals surface area contributed by atoms with Crippen LogP contribution in [-0.2, 0) is 13.5 Å². The van der Waals surface area contributed by atoms with Gasteiger partial charge in [0.25, 0.3) is 0 Å². The standard InChI is InChI=1S/C13H16BrFN4/c1-19-8-9(7-17-19)5-6-12(18-16)13-10(14)3-2-4-11(13)15/h2-4,7-8,12,18H,5-6,16H2,1H3. The molecule has 2 rings (SSSR count). The Balaban J connectivity index is 2.12. The van der Waals surface area contributed by atoms with Gasteiger partial charge in [0.05, 0.1) is 12.2 Å². The van der Waals surface area contributed by atoms with E-state index in [0.29, 0.717) is 12.0 Å². The molecule has 0 aliphatic heterocycles. The fourth-order valence-electron chi connectivity index (χ4n) is 2.07. The van der Waals surface area contributed by atoms with Crippen molar-refractivity contribution in [1.82, 2.24) is 15.2 Å². The lowest BCUT2D eigenvalue weighted by atomic mass is 10.0. The number of nitrogens with two attached hydrogens (primary N) is 1. The third-order valence-electron chi connectivity index (χ3n) is 3.03. The normalized spacial score (nSPS) is 12.6. The second kappa shape index (κ2) is 6.27. The molecule has 1 aromatic carbocycles. The van der Waals surface area contributed by atoms with Crippen LogP contribution in [0.4, 0.5) is 4.39 Å². The topological polar surface area (TPSA) is 55.9 Å². The lowest BCUT2D eigenvalue weighted by molar-refractivity contribution is 0.483. The Morgan fingerprint density at radius 2 is 2.32 bits per heavy atom. The molecule has 1 aromatic heterocycles. The van der Waals surface area contributed by atoms with Crippen LogP contribution in [0.5, 0.6) is 0 Å². The molecular weight excluding hydrogens is 311 g/mol. The van der Waals surface area contributed by atoms with E-state index in [1.165, 1.54) is 6.07 Å². The maximum atomic E-state index is 13.9. The van der Waals surface area contributed by atoms with Gasteiger partial charge in [0.1, 0.15) is 5.82 Å². The Bertz CT molecular complexity index is 535. The van der Waals surface area contributed by atoms with Crippen LogP contribution in [0.1, 0.15) is 23.6 Å². The highest BCUT2D eigenvalue weighted by Crippen LogP contribution is 2.28. The zero-order valence-electron chi connectivity index (χ0n) is 10.6. The third kappa shape index (κ3) is 3.40. The Labute approximate surface area is 119 Å². The molecule has 3 N–H and O–H groups in total. The van der Waals surface area contributed by atoms with Crippen molar-refractivity contribution in [3.8, 4) is 0 Å². The van der Waals surface area contributed by atoms with E-state index in [9.17, 15) is 4.39 Å². The second-order valence-corrected chi connectivity index (χ2v) is 5.27. The summed E-state index contributed by atoms with van der Waals surface area (Å²) in [6.45, 7) is 0. The van der Waals surface area contributed by atoms with Gasteiger partial charge in [0, 0.05) is 23.3 Å². The minimum absolute atomic E-state index is 0.240. The van der Waals surface area contributed by atoms with Gasteiger partial charge in [-0.3, -0.25) is 16.0 Å². The number of rotatable bonds is 5. The fourth-order valence-corrected chi connectivity index (χ4v) is 2.68. The summed E-state index contributed by atoms with van der Waals surface area (Å²) < 4.78 is 16.3. The van der Waals surface area contributed by atoms with Crippen LogP contribution in [0.3, 0.4) is 0 Å². The average Bonchev–Trinajstić information content (AvgIpc) is 2.79. The summed E-state index contributed by atoms with van der Waals surface area (Å²) in [5.74, 6) is 5.29. The van der Waals surface area contributed by atoms with Crippen LogP contribution in [-0.4, -0.2) is 9.78 Å². The van der Waals surface area contributed by atoms with Gasteiger partial charge in [-0.05, 0) is 30.5 Å². The minimum atomic E-state index is -0.261. The number of hydrogen-bond donors (Lipinski definition) is 2. The molecule has 0 saturated carbocycles. The number of benzene rings is 1. The first-order chi connectivity index (χ1) is 9.11. The Kier molecular flexibility index (Phi) is 4.68. The van der Waals surface area contributed by atoms with Crippen molar-refractivity contribution in [3.63, 3.8) is 0 Å². The number of nitrogens with one attached hydrogen (secondary N) is 1. The van der Waals surface area contributed by atoms with Crippen molar-refractivity contribution in [2.75, 3.05) is 0 Å². The molecule has 0 saturated heterocycles. The summed E-state index contributed by atoms with van der Waals surface area (Å²) in [4.78, 5) is 0. The fraction of sp³-hybridized carbons (Fsp3) is 0.308. The highest BCUT2D eigenvalue weighted by Gasteiger charge is 2.17. The highest BCUT2D eigenvalue weighted by atomic mass is 79.9. The largest absolute Gasteiger partial charge is 0.276 e. The molecule has 0 aliphatic carbocycles. The molecule has 6 heteroatoms. The first-order valence-corrected chi connectivity index (χ1v) is 6.78. The Morgan fingerprint density at radius 3 is 2.89 bits per heavy atom. The molecule has 0 radical (unpaired) electrons. The zero-order chi connectivity index (χ0) is 13.8. The van der Waals surface area contributed by atoms with E-state index in [1.807, 2.05) is 25.5 Å². The summed E-state index contributed by atoms with van der Waals surface area (Å²) >= 11 is 3.37. The van der Waals surface area contributed by atoms with Crippen LogP contribution < -0.4 is 11.3 Å². The van der Waals surface area contributed by atoms with Gasteiger partial charge < -0.3 is 0 Å². The smallest absolute Gasteiger partial charge is 0.129 e. The van der Waals surface area contributed by atoms with E-state index < -0.39 is 0 Å². The monoisotopic (exact) mass is 326 g/mol. The SMILES string of the molecule is Cn1cc(CCC(NN)c2c(F)cccc2Br)cn1. The third-order valence-corrected chi connectivity index (χ3v) is 3.72. The summed E-state index contributed by atoms with van der Waals surface area (Å²) in [7, 11) is 1.87. The highest BCUT2D eigenvalue weighted by molar-refractivity contribution is 9.10. The lowest BCUT2D eigenvalue weighted by Crippen LogP contribution is -2.29. The van der Waals surface area contributed by atoms with Gasteiger partial charge in [0.15, 0.2) is 0 Å². The van der Waals surface area contributed by atoms with Crippen molar-refractivity contribution in [2.24, 2.45) is 12.9 Å². The number of halogens is 2. The van der Waals surface area contributed by atoms with Crippen LogP contribution in [0, 0.1) is 5.82 Å². The molecule has 0 fully saturated rings. The zero-order valence-corrected chi connectivity index (χ0v) is 12.2. The Hall–Kier alpha value is -1.24. The predicted octanol–water partition coefficient (Wildman–Crippen LogP) is 2.46. The summed E-state index contributed by atoms with van der Waals surface area (Å²) in [5.41, 5.74) is 4.35. The number of aryl methyl sites for hydroxylation is 2. The number of nitrogens with zero attached hydrogens (tertiary/aromatic N) is 2. The summed E-state index contributed by atoms with van der Waals surface area (Å²) in [6.07, 6.45) is 5.24. The molecule has 1 heterocycles. The molecular formula is C13H16BrFN4. The second-order valence-electron chi connectivity index (χ2n) is 4.42. The first-order valence-electron chi connectivity index (χ1n) is 5.99. The van der Waals surface area contributed by atoms with Gasteiger partial charge in [-0.1, -0.05) is 22.0 Å². The molecule has 0 spiro atoms. The number of hydrogen-bond acceptors (Lipinski definition) is 3. The molecule has 102 valence electrons. The molecule has 4 nitrogen and oxygen atoms in total. The number of hydrazine groups is 1. The van der Waals surface area contributed by atoms with E-state index in [0.717, 1.165) is 16.5 Å². The molecule has 1 unspecified atom stereocenters. The molecule has 0 amide bonds. The van der Waals surface area contributed by atoms with E-state index in [-0.39, 0.29) is 11.9 Å². The van der Waals surface area contributed by atoms with E-state index >= 15 is 0 Å². The van der Waals surface area contributed by atoms with Crippen LogP contribution in [0.2, 0.25) is 0 Å². The molecule has 2 aromatic rings. The van der Waals surface area contributed by atoms with Crippen molar-refractivity contribution in [3.05, 3.63) is 52.0 Å².